The van der Waals surface area contributed by atoms with Gasteiger partial charge < -0.3 is 14.9 Å². The van der Waals surface area contributed by atoms with Crippen LogP contribution >= 0.6 is 0 Å². The van der Waals surface area contributed by atoms with Gasteiger partial charge in [-0.15, -0.1) is 0 Å². The number of nitrogens with zero attached hydrogens (tertiary/aromatic N) is 1. The van der Waals surface area contributed by atoms with Crippen molar-refractivity contribution in [3.8, 4) is 0 Å². The molecule has 122 valence electrons. The van der Waals surface area contributed by atoms with Gasteiger partial charge in [0.1, 0.15) is 11.3 Å². The standard InChI is InChI=1S/C16H24N2O4/c1-11-13(12(2)22-18-11)7-8-14(19)17-16(15(20)21)9-5-3-4-6-10-16/h3-10H2,1-2H3,(H,17,19)(H,20,21). The van der Waals surface area contributed by atoms with Gasteiger partial charge >= 0.3 is 5.97 Å². The third-order valence-electron chi connectivity index (χ3n) is 4.53. The molecule has 0 unspecified atom stereocenters. The Morgan fingerprint density at radius 3 is 2.36 bits per heavy atom. The first-order chi connectivity index (χ1) is 10.4. The second kappa shape index (κ2) is 6.94. The number of aromatic nitrogens is 1. The van der Waals surface area contributed by atoms with E-state index < -0.39 is 11.5 Å². The SMILES string of the molecule is Cc1noc(C)c1CCC(=O)NC1(C(=O)O)CCCCCC1. The molecule has 1 fully saturated rings. The van der Waals surface area contributed by atoms with E-state index in [0.29, 0.717) is 25.0 Å². The predicted octanol–water partition coefficient (Wildman–Crippen LogP) is 2.52. The molecule has 2 N–H and O–H groups in total. The van der Waals surface area contributed by atoms with Crippen LogP contribution in [0.15, 0.2) is 4.52 Å². The third kappa shape index (κ3) is 3.67. The van der Waals surface area contributed by atoms with Crippen molar-refractivity contribution >= 4 is 11.9 Å². The molecule has 1 aliphatic rings. The van der Waals surface area contributed by atoms with Crippen LogP contribution in [0.5, 0.6) is 0 Å². The molecule has 1 saturated carbocycles. The molecule has 0 spiro atoms. The van der Waals surface area contributed by atoms with Crippen LogP contribution in [0.4, 0.5) is 0 Å². The number of hydrogen-bond donors (Lipinski definition) is 2. The first-order valence-electron chi connectivity index (χ1n) is 7.91. The van der Waals surface area contributed by atoms with Crippen LogP contribution in [0, 0.1) is 13.8 Å². The molecule has 0 bridgehead atoms. The number of carbonyl (C=O) groups excluding carboxylic acids is 1. The highest BCUT2D eigenvalue weighted by atomic mass is 16.5. The molecule has 1 amide bonds. The molecular weight excluding hydrogens is 284 g/mol. The lowest BCUT2D eigenvalue weighted by Crippen LogP contribution is -2.54. The second-order valence-corrected chi connectivity index (χ2v) is 6.15. The number of carboxylic acid groups (broad SMARTS) is 1. The highest BCUT2D eigenvalue weighted by Gasteiger charge is 2.39. The zero-order valence-electron chi connectivity index (χ0n) is 13.3. The van der Waals surface area contributed by atoms with Crippen molar-refractivity contribution in [3.05, 3.63) is 17.0 Å². The summed E-state index contributed by atoms with van der Waals surface area (Å²) in [6.45, 7) is 3.66. The Labute approximate surface area is 130 Å². The van der Waals surface area contributed by atoms with E-state index in [-0.39, 0.29) is 12.3 Å². The zero-order valence-corrected chi connectivity index (χ0v) is 13.3. The Kier molecular flexibility index (Phi) is 5.21. The molecule has 22 heavy (non-hydrogen) atoms. The molecule has 1 aromatic rings. The van der Waals surface area contributed by atoms with Crippen LogP contribution in [0.3, 0.4) is 0 Å². The summed E-state index contributed by atoms with van der Waals surface area (Å²) in [6, 6.07) is 0. The van der Waals surface area contributed by atoms with Crippen molar-refractivity contribution in [2.45, 2.75) is 70.8 Å². The average Bonchev–Trinajstić information content (AvgIpc) is 2.67. The molecular formula is C16H24N2O4. The predicted molar refractivity (Wildman–Crippen MR) is 80.5 cm³/mol. The lowest BCUT2D eigenvalue weighted by molar-refractivity contribution is -0.148. The zero-order chi connectivity index (χ0) is 16.2. The Bertz CT molecular complexity index is 523. The topological polar surface area (TPSA) is 92.4 Å². The van der Waals surface area contributed by atoms with Gasteiger partial charge in [0.15, 0.2) is 0 Å². The van der Waals surface area contributed by atoms with E-state index in [1.54, 1.807) is 0 Å². The molecule has 0 saturated heterocycles. The van der Waals surface area contributed by atoms with Gasteiger partial charge in [-0.3, -0.25) is 4.79 Å². The fourth-order valence-electron chi connectivity index (χ4n) is 3.15. The van der Waals surface area contributed by atoms with Gasteiger partial charge in [0.2, 0.25) is 5.91 Å². The molecule has 1 aromatic heterocycles. The molecule has 1 aliphatic carbocycles. The van der Waals surface area contributed by atoms with Crippen molar-refractivity contribution in [1.82, 2.24) is 10.5 Å². The summed E-state index contributed by atoms with van der Waals surface area (Å²) >= 11 is 0. The Morgan fingerprint density at radius 2 is 1.86 bits per heavy atom. The van der Waals surface area contributed by atoms with Gasteiger partial charge in [-0.1, -0.05) is 30.8 Å². The van der Waals surface area contributed by atoms with Crippen LogP contribution in [-0.2, 0) is 16.0 Å². The largest absolute Gasteiger partial charge is 0.480 e. The quantitative estimate of drug-likeness (QED) is 0.815. The number of aryl methyl sites for hydroxylation is 2. The summed E-state index contributed by atoms with van der Waals surface area (Å²) in [5, 5.41) is 16.2. The minimum absolute atomic E-state index is 0.218. The van der Waals surface area contributed by atoms with Crippen molar-refractivity contribution in [2.24, 2.45) is 0 Å². The fraction of sp³-hybridized carbons (Fsp3) is 0.688. The maximum atomic E-state index is 12.2. The van der Waals surface area contributed by atoms with E-state index in [0.717, 1.165) is 36.9 Å². The average molecular weight is 308 g/mol. The summed E-state index contributed by atoms with van der Waals surface area (Å²) in [6.07, 6.45) is 5.54. The van der Waals surface area contributed by atoms with Crippen LogP contribution in [0.2, 0.25) is 0 Å². The van der Waals surface area contributed by atoms with Gasteiger partial charge in [-0.25, -0.2) is 4.79 Å². The van der Waals surface area contributed by atoms with Gasteiger partial charge in [-0.2, -0.15) is 0 Å². The molecule has 1 heterocycles. The Hall–Kier alpha value is -1.85. The summed E-state index contributed by atoms with van der Waals surface area (Å²) in [5.74, 6) is -0.419. The number of nitrogens with one attached hydrogen (secondary N) is 1. The van der Waals surface area contributed by atoms with Crippen molar-refractivity contribution in [3.63, 3.8) is 0 Å². The highest BCUT2D eigenvalue weighted by molar-refractivity contribution is 5.87. The number of amides is 1. The van der Waals surface area contributed by atoms with E-state index in [4.69, 9.17) is 4.52 Å². The van der Waals surface area contributed by atoms with E-state index in [2.05, 4.69) is 10.5 Å². The third-order valence-corrected chi connectivity index (χ3v) is 4.53. The molecule has 0 atom stereocenters. The van der Waals surface area contributed by atoms with Crippen molar-refractivity contribution in [1.29, 1.82) is 0 Å². The molecule has 0 aliphatic heterocycles. The van der Waals surface area contributed by atoms with Crippen LogP contribution in [0.25, 0.3) is 0 Å². The van der Waals surface area contributed by atoms with E-state index >= 15 is 0 Å². The number of hydrogen-bond acceptors (Lipinski definition) is 4. The molecule has 0 aromatic carbocycles. The van der Waals surface area contributed by atoms with Gasteiger partial charge in [0, 0.05) is 12.0 Å². The first-order valence-corrected chi connectivity index (χ1v) is 7.91. The van der Waals surface area contributed by atoms with E-state index in [1.165, 1.54) is 0 Å². The minimum atomic E-state index is -1.09. The van der Waals surface area contributed by atoms with E-state index in [9.17, 15) is 14.7 Å². The summed E-state index contributed by atoms with van der Waals surface area (Å²) < 4.78 is 5.08. The minimum Gasteiger partial charge on any atom is -0.480 e. The molecule has 6 nitrogen and oxygen atoms in total. The van der Waals surface area contributed by atoms with Crippen LogP contribution < -0.4 is 5.32 Å². The number of rotatable bonds is 5. The monoisotopic (exact) mass is 308 g/mol. The van der Waals surface area contributed by atoms with Crippen molar-refractivity contribution < 1.29 is 19.2 Å². The summed E-state index contributed by atoms with van der Waals surface area (Å²) in [5.41, 5.74) is 0.625. The van der Waals surface area contributed by atoms with Gasteiger partial charge in [0.25, 0.3) is 0 Å². The van der Waals surface area contributed by atoms with E-state index in [1.807, 2.05) is 13.8 Å². The van der Waals surface area contributed by atoms with Gasteiger partial charge in [-0.05, 0) is 33.1 Å². The second-order valence-electron chi connectivity index (χ2n) is 6.15. The Balaban J connectivity index is 1.98. The van der Waals surface area contributed by atoms with Crippen LogP contribution in [-0.4, -0.2) is 27.7 Å². The fourth-order valence-corrected chi connectivity index (χ4v) is 3.15. The molecule has 2 rings (SSSR count). The first kappa shape index (κ1) is 16.5. The maximum Gasteiger partial charge on any atom is 0.329 e. The molecule has 6 heteroatoms. The number of aliphatic carboxylic acids is 1. The van der Waals surface area contributed by atoms with Gasteiger partial charge in [0.05, 0.1) is 5.69 Å². The lowest BCUT2D eigenvalue weighted by Gasteiger charge is -2.29. The van der Waals surface area contributed by atoms with Crippen molar-refractivity contribution in [2.75, 3.05) is 0 Å². The summed E-state index contributed by atoms with van der Waals surface area (Å²) in [4.78, 5) is 23.9. The number of carbonyl (C=O) groups is 2. The normalized spacial score (nSPS) is 17.7. The number of carboxylic acids is 1. The maximum absolute atomic E-state index is 12.2. The summed E-state index contributed by atoms with van der Waals surface area (Å²) in [7, 11) is 0. The lowest BCUT2D eigenvalue weighted by atomic mass is 9.90. The van der Waals surface area contributed by atoms with Crippen LogP contribution in [0.1, 0.15) is 62.0 Å². The molecule has 0 radical (unpaired) electrons. The smallest absolute Gasteiger partial charge is 0.329 e. The Morgan fingerprint density at radius 1 is 1.23 bits per heavy atom. The highest BCUT2D eigenvalue weighted by Crippen LogP contribution is 2.27.